The molecule has 3 nitrogen and oxygen atoms in total. The fourth-order valence-electron chi connectivity index (χ4n) is 3.84. The Hall–Kier alpha value is -1.61. The Kier molecular flexibility index (Phi) is 4.09. The first-order chi connectivity index (χ1) is 10.6. The molecule has 1 unspecified atom stereocenters. The van der Waals surface area contributed by atoms with Crippen LogP contribution in [0.15, 0.2) is 35.9 Å². The molecule has 0 saturated heterocycles. The minimum atomic E-state index is -0.0111. The van der Waals surface area contributed by atoms with Gasteiger partial charge in [0.05, 0.1) is 5.92 Å². The summed E-state index contributed by atoms with van der Waals surface area (Å²) in [4.78, 5) is 14.8. The number of hydrogen-bond donors (Lipinski definition) is 1. The zero-order chi connectivity index (χ0) is 15.7. The number of amides is 1. The minimum Gasteiger partial charge on any atom is -0.353 e. The van der Waals surface area contributed by atoms with Crippen LogP contribution in [0.5, 0.6) is 0 Å². The van der Waals surface area contributed by atoms with Crippen LogP contribution in [-0.4, -0.2) is 37.0 Å². The molecule has 1 atom stereocenters. The van der Waals surface area contributed by atoms with Crippen molar-refractivity contribution >= 4 is 11.5 Å². The molecule has 0 heterocycles. The second kappa shape index (κ2) is 5.88. The molecule has 0 spiro atoms. The predicted octanol–water partition coefficient (Wildman–Crippen LogP) is 3.08. The van der Waals surface area contributed by atoms with E-state index in [1.54, 1.807) is 0 Å². The van der Waals surface area contributed by atoms with Crippen LogP contribution < -0.4 is 5.32 Å². The second-order valence-corrected chi connectivity index (χ2v) is 6.94. The lowest BCUT2D eigenvalue weighted by Gasteiger charge is -2.36. The van der Waals surface area contributed by atoms with Gasteiger partial charge in [0, 0.05) is 12.1 Å². The van der Waals surface area contributed by atoms with E-state index < -0.39 is 0 Å². The third-order valence-electron chi connectivity index (χ3n) is 5.48. The molecule has 22 heavy (non-hydrogen) atoms. The van der Waals surface area contributed by atoms with E-state index in [1.165, 1.54) is 42.4 Å². The lowest BCUT2D eigenvalue weighted by atomic mass is 9.96. The molecule has 1 aromatic carbocycles. The lowest BCUT2D eigenvalue weighted by Crippen LogP contribution is -2.51. The highest BCUT2D eigenvalue weighted by Crippen LogP contribution is 2.46. The van der Waals surface area contributed by atoms with Gasteiger partial charge in [-0.2, -0.15) is 0 Å². The molecule has 2 aliphatic rings. The molecule has 1 saturated carbocycles. The van der Waals surface area contributed by atoms with Gasteiger partial charge < -0.3 is 10.2 Å². The van der Waals surface area contributed by atoms with Crippen LogP contribution in [0.2, 0.25) is 0 Å². The van der Waals surface area contributed by atoms with Gasteiger partial charge in [0.1, 0.15) is 0 Å². The Morgan fingerprint density at radius 2 is 1.86 bits per heavy atom. The zero-order valence-electron chi connectivity index (χ0n) is 13.9. The van der Waals surface area contributed by atoms with Crippen LogP contribution >= 0.6 is 0 Å². The fourth-order valence-corrected chi connectivity index (χ4v) is 3.84. The number of nitrogens with zero attached hydrogens (tertiary/aromatic N) is 1. The van der Waals surface area contributed by atoms with Crippen molar-refractivity contribution in [1.82, 2.24) is 10.2 Å². The molecular formula is C19H26N2O. The number of carbonyl (C=O) groups excluding carboxylic acids is 1. The van der Waals surface area contributed by atoms with Crippen molar-refractivity contribution in [3.63, 3.8) is 0 Å². The van der Waals surface area contributed by atoms with Gasteiger partial charge in [0.25, 0.3) is 0 Å². The van der Waals surface area contributed by atoms with Crippen molar-refractivity contribution in [2.45, 2.75) is 38.1 Å². The molecule has 1 aromatic rings. The largest absolute Gasteiger partial charge is 0.353 e. The Bertz CT molecular complexity index is 583. The summed E-state index contributed by atoms with van der Waals surface area (Å²) in [6, 6.07) is 10.2. The van der Waals surface area contributed by atoms with Crippen LogP contribution in [0.4, 0.5) is 0 Å². The first-order valence-electron chi connectivity index (χ1n) is 8.26. The van der Waals surface area contributed by atoms with Crippen molar-refractivity contribution in [3.05, 3.63) is 41.5 Å². The molecule has 3 rings (SSSR count). The molecular weight excluding hydrogens is 272 g/mol. The molecule has 1 fully saturated rings. The molecule has 3 heteroatoms. The van der Waals surface area contributed by atoms with Gasteiger partial charge in [-0.3, -0.25) is 4.79 Å². The molecule has 118 valence electrons. The normalized spacial score (nSPS) is 23.0. The first-order valence-corrected chi connectivity index (χ1v) is 8.26. The number of carbonyl (C=O) groups is 1. The average molecular weight is 298 g/mol. The van der Waals surface area contributed by atoms with Crippen LogP contribution in [0.3, 0.4) is 0 Å². The van der Waals surface area contributed by atoms with E-state index in [0.717, 1.165) is 6.54 Å². The quantitative estimate of drug-likeness (QED) is 0.906. The molecule has 1 amide bonds. The average Bonchev–Trinajstić information content (AvgIpc) is 2.97. The Labute approximate surface area is 133 Å². The van der Waals surface area contributed by atoms with E-state index in [0.29, 0.717) is 0 Å². The molecule has 2 aliphatic carbocycles. The number of benzene rings is 1. The first kappa shape index (κ1) is 15.3. The van der Waals surface area contributed by atoms with E-state index in [4.69, 9.17) is 0 Å². The number of nitrogens with one attached hydrogen (secondary N) is 1. The third kappa shape index (κ3) is 2.70. The van der Waals surface area contributed by atoms with Crippen molar-refractivity contribution < 1.29 is 4.79 Å². The van der Waals surface area contributed by atoms with Crippen molar-refractivity contribution in [1.29, 1.82) is 0 Å². The summed E-state index contributed by atoms with van der Waals surface area (Å²) in [7, 11) is 4.26. The highest BCUT2D eigenvalue weighted by atomic mass is 16.2. The van der Waals surface area contributed by atoms with Crippen LogP contribution in [0.25, 0.3) is 5.57 Å². The maximum atomic E-state index is 12.5. The van der Waals surface area contributed by atoms with Crippen molar-refractivity contribution in [2.75, 3.05) is 20.6 Å². The van der Waals surface area contributed by atoms with Crippen LogP contribution in [0, 0.1) is 5.92 Å². The van der Waals surface area contributed by atoms with Crippen LogP contribution in [-0.2, 0) is 4.79 Å². The third-order valence-corrected chi connectivity index (χ3v) is 5.48. The van der Waals surface area contributed by atoms with Gasteiger partial charge in [-0.15, -0.1) is 0 Å². The standard InChI is InChI=1S/C19H26N2O/c1-14-16(15-9-5-4-6-10-15)17(14)18(22)20-13-19(21(2)3)11-7-8-12-19/h4-6,9-10,17H,7-8,11-13H2,1-3H3,(H,20,22). The number of rotatable bonds is 5. The van der Waals surface area contributed by atoms with Gasteiger partial charge in [-0.05, 0) is 45.0 Å². The highest BCUT2D eigenvalue weighted by Gasteiger charge is 2.42. The van der Waals surface area contributed by atoms with Gasteiger partial charge in [-0.1, -0.05) is 48.7 Å². The van der Waals surface area contributed by atoms with Crippen molar-refractivity contribution in [2.24, 2.45) is 5.92 Å². The molecule has 0 aliphatic heterocycles. The highest BCUT2D eigenvalue weighted by molar-refractivity contribution is 6.05. The van der Waals surface area contributed by atoms with E-state index in [1.807, 2.05) is 18.2 Å². The van der Waals surface area contributed by atoms with E-state index in [9.17, 15) is 4.79 Å². The molecule has 0 radical (unpaired) electrons. The maximum absolute atomic E-state index is 12.5. The molecule has 0 bridgehead atoms. The Balaban J connectivity index is 1.60. The van der Waals surface area contributed by atoms with Gasteiger partial charge >= 0.3 is 0 Å². The molecule has 1 N–H and O–H groups in total. The smallest absolute Gasteiger partial charge is 0.231 e. The summed E-state index contributed by atoms with van der Waals surface area (Å²) in [5, 5.41) is 3.22. The summed E-state index contributed by atoms with van der Waals surface area (Å²) >= 11 is 0. The van der Waals surface area contributed by atoms with E-state index in [2.05, 4.69) is 43.4 Å². The predicted molar refractivity (Wildman–Crippen MR) is 90.4 cm³/mol. The summed E-state index contributed by atoms with van der Waals surface area (Å²) in [6.45, 7) is 2.84. The SMILES string of the molecule is CC1=C(c2ccccc2)C1C(=O)NCC1(N(C)C)CCCC1. The summed E-state index contributed by atoms with van der Waals surface area (Å²) in [5.41, 5.74) is 3.77. The summed E-state index contributed by atoms with van der Waals surface area (Å²) in [5.74, 6) is 0.160. The second-order valence-electron chi connectivity index (χ2n) is 6.94. The fraction of sp³-hybridized carbons (Fsp3) is 0.526. The van der Waals surface area contributed by atoms with Crippen LogP contribution in [0.1, 0.15) is 38.2 Å². The van der Waals surface area contributed by atoms with Gasteiger partial charge in [0.15, 0.2) is 0 Å². The number of hydrogen-bond acceptors (Lipinski definition) is 2. The Morgan fingerprint density at radius 3 is 2.45 bits per heavy atom. The summed E-state index contributed by atoms with van der Waals surface area (Å²) in [6.07, 6.45) is 4.90. The van der Waals surface area contributed by atoms with E-state index in [-0.39, 0.29) is 17.4 Å². The zero-order valence-corrected chi connectivity index (χ0v) is 13.9. The topological polar surface area (TPSA) is 32.3 Å². The van der Waals surface area contributed by atoms with E-state index >= 15 is 0 Å². The van der Waals surface area contributed by atoms with Gasteiger partial charge in [-0.25, -0.2) is 0 Å². The Morgan fingerprint density at radius 1 is 1.23 bits per heavy atom. The van der Waals surface area contributed by atoms with Crippen molar-refractivity contribution in [3.8, 4) is 0 Å². The minimum absolute atomic E-state index is 0.0111. The monoisotopic (exact) mass is 298 g/mol. The maximum Gasteiger partial charge on any atom is 0.231 e. The lowest BCUT2D eigenvalue weighted by molar-refractivity contribution is -0.122. The number of likely N-dealkylation sites (N-methyl/N-ethyl adjacent to an activating group) is 1. The molecule has 0 aromatic heterocycles. The van der Waals surface area contributed by atoms with Gasteiger partial charge in [0.2, 0.25) is 5.91 Å². The summed E-state index contributed by atoms with van der Waals surface area (Å²) < 4.78 is 0.